The maximum Gasteiger partial charge on any atom is 0.254 e. The quantitative estimate of drug-likeness (QED) is 0.879. The molecule has 0 saturated carbocycles. The molecule has 1 aromatic rings. The highest BCUT2D eigenvalue weighted by Crippen LogP contribution is 2.14. The van der Waals surface area contributed by atoms with Crippen molar-refractivity contribution in [3.8, 4) is 0 Å². The second-order valence-electron chi connectivity index (χ2n) is 3.23. The standard InChI is InChI=1S/C10H12ClFN2O.ClH/c1-6(5-13)14-10(15)8-4-7(11)2-3-9(8)12;/h2-4,6H,5,13H2,1H3,(H,14,15);1H/t6-;/m1./s1. The number of carbonyl (C=O) groups excluding carboxylic acids is 1. The number of carbonyl (C=O) groups is 1. The summed E-state index contributed by atoms with van der Waals surface area (Å²) in [5.41, 5.74) is 5.26. The molecule has 3 nitrogen and oxygen atoms in total. The first-order valence-corrected chi connectivity index (χ1v) is 4.88. The fraction of sp³-hybridized carbons (Fsp3) is 0.300. The van der Waals surface area contributed by atoms with Crippen molar-refractivity contribution < 1.29 is 9.18 Å². The van der Waals surface area contributed by atoms with Gasteiger partial charge in [0.1, 0.15) is 5.82 Å². The van der Waals surface area contributed by atoms with Crippen LogP contribution < -0.4 is 11.1 Å². The maximum absolute atomic E-state index is 13.2. The smallest absolute Gasteiger partial charge is 0.254 e. The van der Waals surface area contributed by atoms with E-state index in [-0.39, 0.29) is 24.0 Å². The summed E-state index contributed by atoms with van der Waals surface area (Å²) in [6, 6.07) is 3.63. The van der Waals surface area contributed by atoms with Crippen LogP contribution in [0.4, 0.5) is 4.39 Å². The van der Waals surface area contributed by atoms with E-state index < -0.39 is 11.7 Å². The third kappa shape index (κ3) is 3.96. The highest BCUT2D eigenvalue weighted by molar-refractivity contribution is 6.31. The van der Waals surface area contributed by atoms with Crippen molar-refractivity contribution in [1.82, 2.24) is 5.32 Å². The summed E-state index contributed by atoms with van der Waals surface area (Å²) in [4.78, 5) is 11.5. The monoisotopic (exact) mass is 266 g/mol. The molecule has 0 fully saturated rings. The molecular formula is C10H13Cl2FN2O. The van der Waals surface area contributed by atoms with Gasteiger partial charge in [-0.3, -0.25) is 4.79 Å². The molecule has 1 rings (SSSR count). The zero-order valence-corrected chi connectivity index (χ0v) is 10.2. The Bertz CT molecular complexity index is 374. The fourth-order valence-corrected chi connectivity index (χ4v) is 1.20. The van der Waals surface area contributed by atoms with Gasteiger partial charge < -0.3 is 11.1 Å². The number of nitrogens with one attached hydrogen (secondary N) is 1. The van der Waals surface area contributed by atoms with Gasteiger partial charge in [-0.05, 0) is 25.1 Å². The number of amides is 1. The zero-order chi connectivity index (χ0) is 11.4. The first kappa shape index (κ1) is 15.2. The van der Waals surface area contributed by atoms with Crippen LogP contribution >= 0.6 is 24.0 Å². The van der Waals surface area contributed by atoms with Crippen molar-refractivity contribution in [2.45, 2.75) is 13.0 Å². The van der Waals surface area contributed by atoms with Crippen LogP contribution in [0.2, 0.25) is 5.02 Å². The molecule has 16 heavy (non-hydrogen) atoms. The predicted octanol–water partition coefficient (Wildman–Crippen LogP) is 1.98. The van der Waals surface area contributed by atoms with Crippen LogP contribution in [0.15, 0.2) is 18.2 Å². The summed E-state index contributed by atoms with van der Waals surface area (Å²) in [7, 11) is 0. The Balaban J connectivity index is 0.00000225. The van der Waals surface area contributed by atoms with Gasteiger partial charge in [0.15, 0.2) is 0 Å². The summed E-state index contributed by atoms with van der Waals surface area (Å²) in [5.74, 6) is -1.10. The minimum Gasteiger partial charge on any atom is -0.348 e. The molecule has 0 saturated heterocycles. The van der Waals surface area contributed by atoms with Crippen LogP contribution in [-0.4, -0.2) is 18.5 Å². The summed E-state index contributed by atoms with van der Waals surface area (Å²) in [6.45, 7) is 2.04. The normalized spacial score (nSPS) is 11.5. The Labute approximate surface area is 105 Å². The van der Waals surface area contributed by atoms with Crippen molar-refractivity contribution in [2.24, 2.45) is 5.73 Å². The van der Waals surface area contributed by atoms with E-state index in [0.717, 1.165) is 6.07 Å². The summed E-state index contributed by atoms with van der Waals surface area (Å²) in [5, 5.41) is 2.87. The van der Waals surface area contributed by atoms with Gasteiger partial charge in [-0.15, -0.1) is 12.4 Å². The van der Waals surface area contributed by atoms with Crippen LogP contribution in [0, 0.1) is 5.82 Å². The largest absolute Gasteiger partial charge is 0.348 e. The highest BCUT2D eigenvalue weighted by Gasteiger charge is 2.13. The molecule has 0 bridgehead atoms. The molecule has 0 aromatic heterocycles. The van der Waals surface area contributed by atoms with Gasteiger partial charge in [0.05, 0.1) is 5.56 Å². The Kier molecular flexibility index (Phi) is 6.33. The van der Waals surface area contributed by atoms with E-state index >= 15 is 0 Å². The Morgan fingerprint density at radius 2 is 2.25 bits per heavy atom. The molecule has 90 valence electrons. The number of hydrogen-bond donors (Lipinski definition) is 2. The summed E-state index contributed by atoms with van der Waals surface area (Å²) in [6.07, 6.45) is 0. The lowest BCUT2D eigenvalue weighted by atomic mass is 10.2. The zero-order valence-electron chi connectivity index (χ0n) is 8.67. The highest BCUT2D eigenvalue weighted by atomic mass is 35.5. The lowest BCUT2D eigenvalue weighted by molar-refractivity contribution is 0.0937. The first-order chi connectivity index (χ1) is 7.04. The van der Waals surface area contributed by atoms with E-state index in [0.29, 0.717) is 11.6 Å². The minimum atomic E-state index is -0.596. The molecule has 3 N–H and O–H groups in total. The second-order valence-corrected chi connectivity index (χ2v) is 3.67. The van der Waals surface area contributed by atoms with Gasteiger partial charge in [0.25, 0.3) is 5.91 Å². The summed E-state index contributed by atoms with van der Waals surface area (Å²) >= 11 is 5.66. The molecular weight excluding hydrogens is 254 g/mol. The van der Waals surface area contributed by atoms with E-state index in [9.17, 15) is 9.18 Å². The molecule has 0 spiro atoms. The molecule has 0 aliphatic rings. The number of halogens is 3. The van der Waals surface area contributed by atoms with E-state index in [1.807, 2.05) is 0 Å². The Hall–Kier alpha value is -0.840. The topological polar surface area (TPSA) is 55.1 Å². The van der Waals surface area contributed by atoms with Crippen LogP contribution in [-0.2, 0) is 0 Å². The van der Waals surface area contributed by atoms with E-state index in [1.165, 1.54) is 12.1 Å². The van der Waals surface area contributed by atoms with Crippen molar-refractivity contribution >= 4 is 29.9 Å². The molecule has 0 aliphatic heterocycles. The molecule has 1 aromatic carbocycles. The van der Waals surface area contributed by atoms with Crippen LogP contribution in [0.25, 0.3) is 0 Å². The van der Waals surface area contributed by atoms with Crippen LogP contribution in [0.1, 0.15) is 17.3 Å². The van der Waals surface area contributed by atoms with Gasteiger partial charge in [-0.2, -0.15) is 0 Å². The van der Waals surface area contributed by atoms with Crippen molar-refractivity contribution in [3.05, 3.63) is 34.6 Å². The molecule has 1 atom stereocenters. The first-order valence-electron chi connectivity index (χ1n) is 4.50. The molecule has 6 heteroatoms. The lowest BCUT2D eigenvalue weighted by Crippen LogP contribution is -2.38. The molecule has 1 amide bonds. The van der Waals surface area contributed by atoms with Crippen LogP contribution in [0.3, 0.4) is 0 Å². The van der Waals surface area contributed by atoms with E-state index in [2.05, 4.69) is 5.32 Å². The van der Waals surface area contributed by atoms with Gasteiger partial charge in [0, 0.05) is 17.6 Å². The average molecular weight is 267 g/mol. The molecule has 0 unspecified atom stereocenters. The van der Waals surface area contributed by atoms with Crippen molar-refractivity contribution in [2.75, 3.05) is 6.54 Å². The molecule has 0 heterocycles. The second kappa shape index (κ2) is 6.68. The van der Waals surface area contributed by atoms with Crippen molar-refractivity contribution in [3.63, 3.8) is 0 Å². The van der Waals surface area contributed by atoms with Gasteiger partial charge in [-0.1, -0.05) is 11.6 Å². The molecule has 0 radical (unpaired) electrons. The van der Waals surface area contributed by atoms with Gasteiger partial charge >= 0.3 is 0 Å². The van der Waals surface area contributed by atoms with Gasteiger partial charge in [0.2, 0.25) is 0 Å². The van der Waals surface area contributed by atoms with Gasteiger partial charge in [-0.25, -0.2) is 4.39 Å². The third-order valence-electron chi connectivity index (χ3n) is 1.90. The van der Waals surface area contributed by atoms with E-state index in [1.54, 1.807) is 6.92 Å². The molecule has 0 aliphatic carbocycles. The SMILES string of the molecule is C[C@H](CN)NC(=O)c1cc(Cl)ccc1F.Cl. The minimum absolute atomic E-state index is 0. The van der Waals surface area contributed by atoms with Crippen molar-refractivity contribution in [1.29, 1.82) is 0 Å². The van der Waals surface area contributed by atoms with Crippen LogP contribution in [0.5, 0.6) is 0 Å². The number of benzene rings is 1. The van der Waals surface area contributed by atoms with E-state index in [4.69, 9.17) is 17.3 Å². The average Bonchev–Trinajstić information content (AvgIpc) is 2.21. The number of hydrogen-bond acceptors (Lipinski definition) is 2. The Morgan fingerprint density at radius 1 is 1.62 bits per heavy atom. The fourth-order valence-electron chi connectivity index (χ4n) is 1.03. The lowest BCUT2D eigenvalue weighted by Gasteiger charge is -2.11. The third-order valence-corrected chi connectivity index (χ3v) is 2.14. The Morgan fingerprint density at radius 3 is 2.81 bits per heavy atom. The number of nitrogens with two attached hydrogens (primary N) is 1. The number of rotatable bonds is 3. The maximum atomic E-state index is 13.2. The summed E-state index contributed by atoms with van der Waals surface area (Å²) < 4.78 is 13.2. The predicted molar refractivity (Wildman–Crippen MR) is 64.6 cm³/mol.